The Morgan fingerprint density at radius 3 is 2.12 bits per heavy atom. The number of carbonyl (C=O) groups is 2. The summed E-state index contributed by atoms with van der Waals surface area (Å²) in [6.45, 7) is 7.78. The molecule has 2 N–H and O–H groups in total. The lowest BCUT2D eigenvalue weighted by atomic mass is 10.1. The highest BCUT2D eigenvalue weighted by atomic mass is 32.2. The molecule has 0 atom stereocenters. The van der Waals surface area contributed by atoms with Gasteiger partial charge in [0, 0.05) is 45.7 Å². The smallest absolute Gasteiger partial charge is 0.475 e. The lowest BCUT2D eigenvalue weighted by molar-refractivity contribution is -0.192. The zero-order valence-electron chi connectivity index (χ0n) is 18.1. The van der Waals surface area contributed by atoms with Crippen molar-refractivity contribution < 1.29 is 36.3 Å². The number of nitrogens with zero attached hydrogens (tertiary/aromatic N) is 2. The zero-order chi connectivity index (χ0) is 24.4. The molecule has 32 heavy (non-hydrogen) atoms. The Morgan fingerprint density at radius 2 is 1.66 bits per heavy atom. The molecule has 8 nitrogen and oxygen atoms in total. The molecule has 0 saturated carbocycles. The molecular weight excluding hydrogens is 451 g/mol. The first-order chi connectivity index (χ1) is 14.9. The van der Waals surface area contributed by atoms with Crippen molar-refractivity contribution in [1.82, 2.24) is 14.5 Å². The number of rotatable bonds is 8. The molecule has 0 radical (unpaired) electrons. The minimum atomic E-state index is -5.08. The highest BCUT2D eigenvalue weighted by Gasteiger charge is 2.38. The molecule has 1 fully saturated rings. The number of carboxylic acids is 1. The second-order valence-electron chi connectivity index (χ2n) is 7.58. The van der Waals surface area contributed by atoms with E-state index in [2.05, 4.69) is 19.2 Å². The number of hydrogen-bond acceptors (Lipinski definition) is 5. The fourth-order valence-electron chi connectivity index (χ4n) is 2.79. The Labute approximate surface area is 186 Å². The van der Waals surface area contributed by atoms with E-state index in [4.69, 9.17) is 9.90 Å². The first kappa shape index (κ1) is 27.9. The van der Waals surface area contributed by atoms with Gasteiger partial charge in [0.2, 0.25) is 15.9 Å². The third-order valence-corrected chi connectivity index (χ3v) is 6.54. The van der Waals surface area contributed by atoms with Crippen LogP contribution in [-0.2, 0) is 19.6 Å². The Morgan fingerprint density at radius 1 is 1.12 bits per heavy atom. The summed E-state index contributed by atoms with van der Waals surface area (Å²) in [5.74, 6) is -2.33. The SMILES string of the molecule is CC(C)CCN(CCC(=O)N1CCNCC1)S(=O)(=O)c1ccccc1.O=C(O)C(F)(F)F. The van der Waals surface area contributed by atoms with Gasteiger partial charge >= 0.3 is 12.1 Å². The van der Waals surface area contributed by atoms with Crippen molar-refractivity contribution in [3.63, 3.8) is 0 Å². The minimum absolute atomic E-state index is 0.0271. The minimum Gasteiger partial charge on any atom is -0.475 e. The largest absolute Gasteiger partial charge is 0.490 e. The standard InChI is InChI=1S/C18H29N3O3S.C2HF3O2/c1-16(2)8-12-21(25(23,24)17-6-4-3-5-7-17)13-9-18(22)20-14-10-19-11-15-20;3-2(4,5)1(6)7/h3-7,16,19H,8-15H2,1-2H3;(H,6,7). The molecule has 0 bridgehead atoms. The highest BCUT2D eigenvalue weighted by Crippen LogP contribution is 2.18. The monoisotopic (exact) mass is 481 g/mol. The van der Waals surface area contributed by atoms with Crippen LogP contribution in [0.5, 0.6) is 0 Å². The molecule has 0 unspecified atom stereocenters. The van der Waals surface area contributed by atoms with E-state index < -0.39 is 22.2 Å². The molecule has 1 aromatic rings. The van der Waals surface area contributed by atoms with Crippen LogP contribution >= 0.6 is 0 Å². The lowest BCUT2D eigenvalue weighted by Gasteiger charge is -2.29. The van der Waals surface area contributed by atoms with Gasteiger partial charge in [-0.25, -0.2) is 13.2 Å². The van der Waals surface area contributed by atoms with E-state index in [1.54, 1.807) is 30.3 Å². The van der Waals surface area contributed by atoms with Crippen molar-refractivity contribution in [2.45, 2.75) is 37.8 Å². The zero-order valence-corrected chi connectivity index (χ0v) is 19.0. The van der Waals surface area contributed by atoms with Crippen LogP contribution in [0.1, 0.15) is 26.7 Å². The third-order valence-electron chi connectivity index (χ3n) is 4.62. The quantitative estimate of drug-likeness (QED) is 0.590. The van der Waals surface area contributed by atoms with E-state index in [1.807, 2.05) is 4.90 Å². The molecule has 0 aromatic heterocycles. The fraction of sp³-hybridized carbons (Fsp3) is 0.600. The first-order valence-corrected chi connectivity index (χ1v) is 11.6. The number of benzene rings is 1. The van der Waals surface area contributed by atoms with Gasteiger partial charge in [0.15, 0.2) is 0 Å². The van der Waals surface area contributed by atoms with E-state index in [0.717, 1.165) is 19.5 Å². The summed E-state index contributed by atoms with van der Waals surface area (Å²) < 4.78 is 59.0. The summed E-state index contributed by atoms with van der Waals surface area (Å²) in [6, 6.07) is 8.45. The van der Waals surface area contributed by atoms with Gasteiger partial charge in [-0.2, -0.15) is 17.5 Å². The molecular formula is C20H30F3N3O5S. The van der Waals surface area contributed by atoms with E-state index in [0.29, 0.717) is 25.6 Å². The number of carbonyl (C=O) groups excluding carboxylic acids is 1. The van der Waals surface area contributed by atoms with E-state index in [1.165, 1.54) is 4.31 Å². The van der Waals surface area contributed by atoms with Crippen LogP contribution in [0.25, 0.3) is 0 Å². The van der Waals surface area contributed by atoms with Gasteiger partial charge in [0.05, 0.1) is 4.90 Å². The summed E-state index contributed by atoms with van der Waals surface area (Å²) in [5.41, 5.74) is 0. The third kappa shape index (κ3) is 9.53. The van der Waals surface area contributed by atoms with Crippen molar-refractivity contribution in [2.24, 2.45) is 5.92 Å². The predicted octanol–water partition coefficient (Wildman–Crippen LogP) is 2.18. The Balaban J connectivity index is 0.000000633. The number of carboxylic acid groups (broad SMARTS) is 1. The summed E-state index contributed by atoms with van der Waals surface area (Å²) in [4.78, 5) is 23.4. The number of hydrogen-bond donors (Lipinski definition) is 2. The Bertz CT molecular complexity index is 827. The molecule has 1 aromatic carbocycles. The molecule has 0 spiro atoms. The molecule has 12 heteroatoms. The maximum Gasteiger partial charge on any atom is 0.490 e. The van der Waals surface area contributed by atoms with Gasteiger partial charge in [-0.1, -0.05) is 32.0 Å². The summed E-state index contributed by atoms with van der Waals surface area (Å²) in [5, 5.41) is 10.3. The number of amides is 1. The van der Waals surface area contributed by atoms with E-state index >= 15 is 0 Å². The first-order valence-electron chi connectivity index (χ1n) is 10.2. The van der Waals surface area contributed by atoms with E-state index in [-0.39, 0.29) is 23.8 Å². The molecule has 1 aliphatic heterocycles. The van der Waals surface area contributed by atoms with Gasteiger partial charge in [-0.3, -0.25) is 4.79 Å². The molecule has 182 valence electrons. The fourth-order valence-corrected chi connectivity index (χ4v) is 4.27. The molecule has 2 rings (SSSR count). The van der Waals surface area contributed by atoms with Crippen LogP contribution in [0, 0.1) is 5.92 Å². The average Bonchev–Trinajstić information content (AvgIpc) is 2.74. The van der Waals surface area contributed by atoms with Gasteiger partial charge < -0.3 is 15.3 Å². The van der Waals surface area contributed by atoms with Gasteiger partial charge in [0.1, 0.15) is 0 Å². The van der Waals surface area contributed by atoms with Crippen LogP contribution < -0.4 is 5.32 Å². The summed E-state index contributed by atoms with van der Waals surface area (Å²) >= 11 is 0. The normalized spacial score (nSPS) is 14.8. The van der Waals surface area contributed by atoms with Crippen LogP contribution in [0.4, 0.5) is 13.2 Å². The number of halogens is 3. The van der Waals surface area contributed by atoms with Crippen LogP contribution in [0.3, 0.4) is 0 Å². The van der Waals surface area contributed by atoms with Crippen molar-refractivity contribution in [2.75, 3.05) is 39.3 Å². The maximum absolute atomic E-state index is 12.9. The number of aliphatic carboxylic acids is 1. The van der Waals surface area contributed by atoms with Gasteiger partial charge in [-0.15, -0.1) is 0 Å². The average molecular weight is 482 g/mol. The Kier molecular flexibility index (Phi) is 11.1. The number of nitrogens with one attached hydrogen (secondary N) is 1. The van der Waals surface area contributed by atoms with E-state index in [9.17, 15) is 26.4 Å². The molecule has 1 aliphatic rings. The Hall–Kier alpha value is -2.18. The topological polar surface area (TPSA) is 107 Å². The van der Waals surface area contributed by atoms with Crippen molar-refractivity contribution in [3.8, 4) is 0 Å². The van der Waals surface area contributed by atoms with Crippen LogP contribution in [0.2, 0.25) is 0 Å². The summed E-state index contributed by atoms with van der Waals surface area (Å²) in [6.07, 6.45) is -4.09. The lowest BCUT2D eigenvalue weighted by Crippen LogP contribution is -2.47. The second-order valence-corrected chi connectivity index (χ2v) is 9.52. The van der Waals surface area contributed by atoms with Crippen molar-refractivity contribution in [3.05, 3.63) is 30.3 Å². The van der Waals surface area contributed by atoms with Crippen molar-refractivity contribution >= 4 is 21.9 Å². The van der Waals surface area contributed by atoms with Gasteiger partial charge in [0.25, 0.3) is 0 Å². The highest BCUT2D eigenvalue weighted by molar-refractivity contribution is 7.89. The number of piperazine rings is 1. The molecule has 0 aliphatic carbocycles. The van der Waals surface area contributed by atoms with Crippen LogP contribution in [-0.4, -0.2) is 80.1 Å². The second kappa shape index (κ2) is 12.8. The number of sulfonamides is 1. The number of alkyl halides is 3. The summed E-state index contributed by atoms with van der Waals surface area (Å²) in [7, 11) is -3.57. The predicted molar refractivity (Wildman–Crippen MR) is 112 cm³/mol. The molecule has 1 amide bonds. The van der Waals surface area contributed by atoms with Crippen molar-refractivity contribution in [1.29, 1.82) is 0 Å². The maximum atomic E-state index is 12.9. The van der Waals surface area contributed by atoms with Gasteiger partial charge in [-0.05, 0) is 24.5 Å². The van der Waals surface area contributed by atoms with Crippen LogP contribution in [0.15, 0.2) is 35.2 Å². The molecule has 1 saturated heterocycles. The molecule has 1 heterocycles.